The maximum Gasteiger partial charge on any atom is 0.0131 e. The molecule has 2 nitrogen and oxygen atoms in total. The predicted molar refractivity (Wildman–Crippen MR) is 40.2 cm³/mol. The highest BCUT2D eigenvalue weighted by atomic mass is 79.9. The Kier molecular flexibility index (Phi) is 4.51. The van der Waals surface area contributed by atoms with Gasteiger partial charge in [0.1, 0.15) is 0 Å². The van der Waals surface area contributed by atoms with Gasteiger partial charge in [-0.25, -0.2) is 5.01 Å². The van der Waals surface area contributed by atoms with Crippen LogP contribution in [0.2, 0.25) is 0 Å². The second-order valence-electron chi connectivity index (χ2n) is 1.92. The van der Waals surface area contributed by atoms with Crippen molar-refractivity contribution in [2.24, 2.45) is 0 Å². The van der Waals surface area contributed by atoms with Crippen LogP contribution in [0.25, 0.3) is 0 Å². The molecule has 0 radical (unpaired) electrons. The third kappa shape index (κ3) is 2.11. The maximum absolute atomic E-state index is 3.10. The van der Waals surface area contributed by atoms with Gasteiger partial charge in [-0.1, -0.05) is 0 Å². The smallest absolute Gasteiger partial charge is 0.0131 e. The molecule has 0 spiro atoms. The Labute approximate surface area is 61.0 Å². The number of hydrogen-bond donors (Lipinski definition) is 1. The molecule has 0 atom stereocenters. The zero-order valence-corrected chi connectivity index (χ0v) is 6.90. The summed E-state index contributed by atoms with van der Waals surface area (Å²) in [6.45, 7) is 2.47. The number of nitrogens with one attached hydrogen (secondary N) is 1. The Bertz CT molecular complexity index is 52.4. The summed E-state index contributed by atoms with van der Waals surface area (Å²) in [6, 6.07) is 0. The summed E-state index contributed by atoms with van der Waals surface area (Å²) in [5.41, 5.74) is 3.10. The number of hydrazine groups is 1. The number of hydrogen-bond acceptors (Lipinski definition) is 2. The average molecular weight is 181 g/mol. The Morgan fingerprint density at radius 2 is 1.75 bits per heavy atom. The second kappa shape index (κ2) is 4.30. The second-order valence-corrected chi connectivity index (χ2v) is 1.92. The quantitative estimate of drug-likeness (QED) is 0.643. The van der Waals surface area contributed by atoms with Crippen molar-refractivity contribution in [3.05, 3.63) is 0 Å². The lowest BCUT2D eigenvalue weighted by molar-refractivity contribution is 0.262. The van der Waals surface area contributed by atoms with Crippen LogP contribution >= 0.6 is 17.0 Å². The van der Waals surface area contributed by atoms with E-state index in [2.05, 4.69) is 10.4 Å². The van der Waals surface area contributed by atoms with Crippen LogP contribution in [0, 0.1) is 0 Å². The topological polar surface area (TPSA) is 15.3 Å². The van der Waals surface area contributed by atoms with Gasteiger partial charge in [0.2, 0.25) is 0 Å². The minimum Gasteiger partial charge on any atom is -0.258 e. The van der Waals surface area contributed by atoms with E-state index in [-0.39, 0.29) is 17.0 Å². The third-order valence-corrected chi connectivity index (χ3v) is 1.42. The Hall–Kier alpha value is 0.400. The molecular weight excluding hydrogens is 168 g/mol. The van der Waals surface area contributed by atoms with E-state index in [9.17, 15) is 0 Å². The van der Waals surface area contributed by atoms with Gasteiger partial charge in [0.15, 0.2) is 0 Å². The van der Waals surface area contributed by atoms with Crippen LogP contribution in [0.1, 0.15) is 12.8 Å². The van der Waals surface area contributed by atoms with Gasteiger partial charge in [-0.15, -0.1) is 17.0 Å². The van der Waals surface area contributed by atoms with E-state index in [1.54, 1.807) is 0 Å². The lowest BCUT2D eigenvalue weighted by Crippen LogP contribution is -2.31. The Balaban J connectivity index is 0.000000490. The van der Waals surface area contributed by atoms with Gasteiger partial charge >= 0.3 is 0 Å². The fourth-order valence-corrected chi connectivity index (χ4v) is 0.941. The average Bonchev–Trinajstić information content (AvgIpc) is 2.14. The minimum absolute atomic E-state index is 0. The van der Waals surface area contributed by atoms with Crippen LogP contribution in [-0.4, -0.2) is 25.1 Å². The number of rotatable bonds is 1. The highest BCUT2D eigenvalue weighted by molar-refractivity contribution is 8.93. The van der Waals surface area contributed by atoms with Crippen molar-refractivity contribution in [2.45, 2.75) is 12.8 Å². The highest BCUT2D eigenvalue weighted by Gasteiger charge is 2.06. The van der Waals surface area contributed by atoms with Crippen LogP contribution < -0.4 is 5.43 Å². The van der Waals surface area contributed by atoms with Gasteiger partial charge in [0, 0.05) is 13.1 Å². The molecule has 50 valence electrons. The van der Waals surface area contributed by atoms with Crippen LogP contribution in [0.5, 0.6) is 0 Å². The van der Waals surface area contributed by atoms with Gasteiger partial charge in [-0.3, -0.25) is 5.43 Å². The van der Waals surface area contributed by atoms with E-state index >= 15 is 0 Å². The van der Waals surface area contributed by atoms with E-state index in [4.69, 9.17) is 0 Å². The van der Waals surface area contributed by atoms with Crippen molar-refractivity contribution in [3.63, 3.8) is 0 Å². The van der Waals surface area contributed by atoms with E-state index in [0.29, 0.717) is 0 Å². The molecule has 1 aliphatic rings. The zero-order chi connectivity index (χ0) is 5.11. The first-order valence-electron chi connectivity index (χ1n) is 2.86. The first kappa shape index (κ1) is 8.40. The molecule has 1 N–H and O–H groups in total. The predicted octanol–water partition coefficient (Wildman–Crippen LogP) is 0.794. The Morgan fingerprint density at radius 3 is 2.00 bits per heavy atom. The molecule has 1 heterocycles. The molecule has 1 fully saturated rings. The molecule has 0 amide bonds. The lowest BCUT2D eigenvalue weighted by atomic mass is 10.4. The van der Waals surface area contributed by atoms with Crippen molar-refractivity contribution >= 4 is 17.0 Å². The van der Waals surface area contributed by atoms with Crippen molar-refractivity contribution in [1.82, 2.24) is 10.4 Å². The molecule has 0 aromatic carbocycles. The maximum atomic E-state index is 3.10. The minimum atomic E-state index is 0. The van der Waals surface area contributed by atoms with E-state index in [1.165, 1.54) is 25.9 Å². The summed E-state index contributed by atoms with van der Waals surface area (Å²) in [4.78, 5) is 0. The van der Waals surface area contributed by atoms with Crippen LogP contribution in [0.3, 0.4) is 0 Å². The first-order chi connectivity index (χ1) is 3.43. The molecule has 0 aromatic rings. The van der Waals surface area contributed by atoms with Gasteiger partial charge in [-0.2, -0.15) is 0 Å². The molecule has 0 bridgehead atoms. The molecule has 0 aromatic heterocycles. The SMILES string of the molecule is Br.CNN1CCCC1. The van der Waals surface area contributed by atoms with Crippen LogP contribution in [0.15, 0.2) is 0 Å². The van der Waals surface area contributed by atoms with E-state index in [0.717, 1.165) is 0 Å². The van der Waals surface area contributed by atoms with Crippen molar-refractivity contribution in [3.8, 4) is 0 Å². The highest BCUT2D eigenvalue weighted by Crippen LogP contribution is 2.01. The lowest BCUT2D eigenvalue weighted by Gasteiger charge is -2.10. The molecule has 1 saturated heterocycles. The van der Waals surface area contributed by atoms with Crippen LogP contribution in [-0.2, 0) is 0 Å². The van der Waals surface area contributed by atoms with Crippen LogP contribution in [0.4, 0.5) is 0 Å². The molecule has 1 aliphatic heterocycles. The number of nitrogens with zero attached hydrogens (tertiary/aromatic N) is 1. The summed E-state index contributed by atoms with van der Waals surface area (Å²) in [7, 11) is 1.98. The normalized spacial score (nSPS) is 20.6. The largest absolute Gasteiger partial charge is 0.258 e. The summed E-state index contributed by atoms with van der Waals surface area (Å²) in [6.07, 6.45) is 2.72. The van der Waals surface area contributed by atoms with Gasteiger partial charge < -0.3 is 0 Å². The fourth-order valence-electron chi connectivity index (χ4n) is 0.941. The van der Waals surface area contributed by atoms with Crippen molar-refractivity contribution < 1.29 is 0 Å². The molecular formula is C5H13BrN2. The molecule has 8 heavy (non-hydrogen) atoms. The summed E-state index contributed by atoms with van der Waals surface area (Å²) >= 11 is 0. The monoisotopic (exact) mass is 180 g/mol. The van der Waals surface area contributed by atoms with Gasteiger partial charge in [0.05, 0.1) is 0 Å². The molecule has 3 heteroatoms. The van der Waals surface area contributed by atoms with E-state index < -0.39 is 0 Å². The number of halogens is 1. The van der Waals surface area contributed by atoms with E-state index in [1.807, 2.05) is 7.05 Å². The molecule has 1 rings (SSSR count). The van der Waals surface area contributed by atoms with Gasteiger partial charge in [0.25, 0.3) is 0 Å². The molecule has 0 aliphatic carbocycles. The summed E-state index contributed by atoms with van der Waals surface area (Å²) in [5.74, 6) is 0. The molecule has 0 saturated carbocycles. The molecule has 0 unspecified atom stereocenters. The zero-order valence-electron chi connectivity index (χ0n) is 5.18. The summed E-state index contributed by atoms with van der Waals surface area (Å²) in [5, 5.41) is 2.24. The van der Waals surface area contributed by atoms with Gasteiger partial charge in [-0.05, 0) is 19.9 Å². The standard InChI is InChI=1S/C5H12N2.BrH/c1-6-7-4-2-3-5-7;/h6H,2-5H2,1H3;1H. The summed E-state index contributed by atoms with van der Waals surface area (Å²) < 4.78 is 0. The van der Waals surface area contributed by atoms with Crippen molar-refractivity contribution in [2.75, 3.05) is 20.1 Å². The Morgan fingerprint density at radius 1 is 1.25 bits per heavy atom. The van der Waals surface area contributed by atoms with Crippen molar-refractivity contribution in [1.29, 1.82) is 0 Å². The third-order valence-electron chi connectivity index (χ3n) is 1.42. The first-order valence-corrected chi connectivity index (χ1v) is 2.86. The fraction of sp³-hybridized carbons (Fsp3) is 1.00.